The monoisotopic (exact) mass is 578 g/mol. The van der Waals surface area contributed by atoms with Gasteiger partial charge in [-0.15, -0.1) is 0 Å². The number of aryl methyl sites for hydroxylation is 1. The van der Waals surface area contributed by atoms with Crippen LogP contribution in [-0.2, 0) is 21.3 Å². The van der Waals surface area contributed by atoms with E-state index in [1.165, 1.54) is 17.7 Å². The number of fused-ring (bicyclic) bond motifs is 1. The van der Waals surface area contributed by atoms with E-state index in [2.05, 4.69) is 36.0 Å². The van der Waals surface area contributed by atoms with E-state index in [4.69, 9.17) is 14.2 Å². The highest BCUT2D eigenvalue weighted by atomic mass is 19.1. The molecule has 2 aliphatic heterocycles. The summed E-state index contributed by atoms with van der Waals surface area (Å²) in [6.07, 6.45) is 3.68. The van der Waals surface area contributed by atoms with Gasteiger partial charge in [-0.2, -0.15) is 5.10 Å². The van der Waals surface area contributed by atoms with Crippen LogP contribution >= 0.6 is 0 Å². The normalized spacial score (nSPS) is 22.4. The Kier molecular flexibility index (Phi) is 7.89. The first-order valence-electron chi connectivity index (χ1n) is 15.1. The summed E-state index contributed by atoms with van der Waals surface area (Å²) in [7, 11) is 5.41. The third-order valence-electron chi connectivity index (χ3n) is 9.88. The van der Waals surface area contributed by atoms with Crippen LogP contribution in [-0.4, -0.2) is 90.4 Å². The van der Waals surface area contributed by atoms with Crippen LogP contribution in [0.15, 0.2) is 36.5 Å². The molecule has 2 atom stereocenters. The summed E-state index contributed by atoms with van der Waals surface area (Å²) >= 11 is 0. The molecule has 3 fully saturated rings. The van der Waals surface area contributed by atoms with Crippen molar-refractivity contribution >= 4 is 16.8 Å². The van der Waals surface area contributed by atoms with E-state index in [0.29, 0.717) is 49.1 Å². The van der Waals surface area contributed by atoms with Crippen LogP contribution < -0.4 is 0 Å². The van der Waals surface area contributed by atoms with Gasteiger partial charge in [-0.3, -0.25) is 14.4 Å². The topological polar surface area (TPSA) is 69.1 Å². The van der Waals surface area contributed by atoms with Crippen molar-refractivity contribution in [1.82, 2.24) is 19.6 Å². The molecule has 0 N–H and O–H groups in total. The Balaban J connectivity index is 1.31. The highest BCUT2D eigenvalue weighted by molar-refractivity contribution is 6.05. The number of benzene rings is 2. The van der Waals surface area contributed by atoms with Crippen molar-refractivity contribution in [2.24, 2.45) is 18.9 Å². The van der Waals surface area contributed by atoms with Crippen molar-refractivity contribution in [3.05, 3.63) is 53.5 Å². The number of morpholine rings is 1. The number of ether oxygens (including phenoxy) is 3. The van der Waals surface area contributed by atoms with Gasteiger partial charge in [0.05, 0.1) is 36.5 Å². The molecule has 1 unspecified atom stereocenters. The van der Waals surface area contributed by atoms with Crippen molar-refractivity contribution in [3.8, 4) is 11.1 Å². The maximum Gasteiger partial charge on any atom is 0.254 e. The molecule has 1 aliphatic carbocycles. The molecule has 8 nitrogen and oxygen atoms in total. The fourth-order valence-corrected chi connectivity index (χ4v) is 7.47. The summed E-state index contributed by atoms with van der Waals surface area (Å²) in [5, 5.41) is 5.51. The van der Waals surface area contributed by atoms with Gasteiger partial charge in [-0.1, -0.05) is 19.9 Å². The number of aromatic nitrogens is 2. The molecule has 0 spiro atoms. The molecular weight excluding hydrogens is 535 g/mol. The molecule has 0 bridgehead atoms. The van der Waals surface area contributed by atoms with E-state index in [0.717, 1.165) is 48.0 Å². The summed E-state index contributed by atoms with van der Waals surface area (Å²) in [5.41, 5.74) is 4.27. The zero-order chi connectivity index (χ0) is 29.8. The third kappa shape index (κ3) is 5.04. The molecule has 2 saturated heterocycles. The van der Waals surface area contributed by atoms with Crippen LogP contribution in [0.5, 0.6) is 0 Å². The number of rotatable bonds is 8. The Labute approximate surface area is 247 Å². The largest absolute Gasteiger partial charge is 0.377 e. The Morgan fingerprint density at radius 3 is 2.52 bits per heavy atom. The second kappa shape index (κ2) is 11.3. The molecule has 0 radical (unpaired) electrons. The highest BCUT2D eigenvalue weighted by Crippen LogP contribution is 2.48. The first kappa shape index (κ1) is 29.2. The third-order valence-corrected chi connectivity index (χ3v) is 9.88. The van der Waals surface area contributed by atoms with E-state index < -0.39 is 11.6 Å². The maximum atomic E-state index is 14.6. The van der Waals surface area contributed by atoms with E-state index in [-0.39, 0.29) is 11.9 Å². The van der Waals surface area contributed by atoms with Crippen LogP contribution in [0.2, 0.25) is 0 Å². The van der Waals surface area contributed by atoms with Gasteiger partial charge in [0.1, 0.15) is 5.82 Å². The van der Waals surface area contributed by atoms with Crippen LogP contribution in [0.4, 0.5) is 4.39 Å². The molecule has 3 heterocycles. The van der Waals surface area contributed by atoms with Crippen molar-refractivity contribution in [1.29, 1.82) is 0 Å². The van der Waals surface area contributed by atoms with Crippen molar-refractivity contribution < 1.29 is 23.4 Å². The number of halogens is 1. The minimum Gasteiger partial charge on any atom is -0.377 e. The van der Waals surface area contributed by atoms with Gasteiger partial charge >= 0.3 is 0 Å². The standard InChI is InChI=1S/C33H43FN4O4/c1-20(2)31(23-14-33(15-23,40-5)41-6)37-17-24(18-37)22-11-27(29-16-35-36(4)30(29)12-22)26-8-7-25(34)13-28(26)32(39)38-9-10-42-19-21(38)3/h7-8,11-13,16,20-21,23-24,31H,9-10,14-15,17-19H2,1-6H3/t21-,31?/m1/s1. The lowest BCUT2D eigenvalue weighted by Gasteiger charge is -2.55. The summed E-state index contributed by atoms with van der Waals surface area (Å²) in [6, 6.07) is 9.40. The minimum atomic E-state index is -0.440. The zero-order valence-electron chi connectivity index (χ0n) is 25.6. The SMILES string of the molecule is COC1(OC)CC(C(C(C)C)N2CC(c3cc(-c4ccc(F)cc4C(=O)N4CCOC[C@H]4C)c4cnn(C)c4c3)C2)C1. The van der Waals surface area contributed by atoms with Crippen LogP contribution in [0.25, 0.3) is 22.0 Å². The van der Waals surface area contributed by atoms with Gasteiger partial charge in [0.2, 0.25) is 0 Å². The van der Waals surface area contributed by atoms with Gasteiger partial charge in [0.25, 0.3) is 5.91 Å². The predicted octanol–water partition coefficient (Wildman–Crippen LogP) is 5.06. The number of carbonyl (C=O) groups excluding carboxylic acids is 1. The number of likely N-dealkylation sites (tertiary alicyclic amines) is 1. The quantitative estimate of drug-likeness (QED) is 0.348. The van der Waals surface area contributed by atoms with E-state index in [1.54, 1.807) is 25.2 Å². The Morgan fingerprint density at radius 1 is 1.12 bits per heavy atom. The second-order valence-corrected chi connectivity index (χ2v) is 12.8. The molecule has 3 aliphatic rings. The molecule has 226 valence electrons. The number of hydrogen-bond acceptors (Lipinski definition) is 6. The number of nitrogens with zero attached hydrogens (tertiary/aromatic N) is 4. The van der Waals surface area contributed by atoms with Gasteiger partial charge in [-0.25, -0.2) is 4.39 Å². The summed E-state index contributed by atoms with van der Waals surface area (Å²) < 4.78 is 33.4. The van der Waals surface area contributed by atoms with E-state index in [1.807, 2.05) is 24.9 Å². The fraction of sp³-hybridized carbons (Fsp3) is 0.576. The lowest BCUT2D eigenvalue weighted by atomic mass is 9.69. The van der Waals surface area contributed by atoms with Gasteiger partial charge in [0, 0.05) is 71.1 Å². The maximum absolute atomic E-state index is 14.6. The van der Waals surface area contributed by atoms with Crippen molar-refractivity contribution in [2.75, 3.05) is 47.1 Å². The molecule has 3 aromatic rings. The Morgan fingerprint density at radius 2 is 1.86 bits per heavy atom. The molecule has 6 rings (SSSR count). The van der Waals surface area contributed by atoms with Gasteiger partial charge in [-0.05, 0) is 59.7 Å². The first-order valence-corrected chi connectivity index (χ1v) is 15.1. The van der Waals surface area contributed by atoms with E-state index >= 15 is 0 Å². The molecule has 1 amide bonds. The van der Waals surface area contributed by atoms with Gasteiger partial charge in [0.15, 0.2) is 5.79 Å². The van der Waals surface area contributed by atoms with Crippen LogP contribution in [0, 0.1) is 17.7 Å². The lowest BCUT2D eigenvalue weighted by Crippen LogP contribution is -2.61. The van der Waals surface area contributed by atoms with Crippen molar-refractivity contribution in [2.45, 2.75) is 57.4 Å². The Bertz CT molecular complexity index is 1450. The predicted molar refractivity (Wildman–Crippen MR) is 160 cm³/mol. The van der Waals surface area contributed by atoms with E-state index in [9.17, 15) is 9.18 Å². The zero-order valence-corrected chi connectivity index (χ0v) is 25.6. The molecule has 1 saturated carbocycles. The molecule has 1 aromatic heterocycles. The molecular formula is C33H43FN4O4. The first-order chi connectivity index (χ1) is 20.1. The molecule has 2 aromatic carbocycles. The van der Waals surface area contributed by atoms with Crippen LogP contribution in [0.1, 0.15) is 55.5 Å². The van der Waals surface area contributed by atoms with Crippen molar-refractivity contribution in [3.63, 3.8) is 0 Å². The smallest absolute Gasteiger partial charge is 0.254 e. The summed E-state index contributed by atoms with van der Waals surface area (Å²) in [5.74, 6) is 0.395. The summed E-state index contributed by atoms with van der Waals surface area (Å²) in [6.45, 7) is 9.97. The fourth-order valence-electron chi connectivity index (χ4n) is 7.47. The summed E-state index contributed by atoms with van der Waals surface area (Å²) in [4.78, 5) is 18.2. The number of amides is 1. The van der Waals surface area contributed by atoms with Gasteiger partial charge < -0.3 is 19.1 Å². The number of hydrogen-bond donors (Lipinski definition) is 0. The second-order valence-electron chi connectivity index (χ2n) is 12.8. The minimum absolute atomic E-state index is 0.0735. The number of methoxy groups -OCH3 is 2. The average Bonchev–Trinajstić information content (AvgIpc) is 3.31. The Hall–Kier alpha value is -2.85. The average molecular weight is 579 g/mol. The molecule has 42 heavy (non-hydrogen) atoms. The lowest BCUT2D eigenvalue weighted by molar-refractivity contribution is -0.280. The highest BCUT2D eigenvalue weighted by Gasteiger charge is 2.51. The number of carbonyl (C=O) groups is 1. The molecule has 9 heteroatoms. The van der Waals surface area contributed by atoms with Crippen LogP contribution in [0.3, 0.4) is 0 Å².